The maximum absolute atomic E-state index is 10.7. The highest BCUT2D eigenvalue weighted by molar-refractivity contribution is 9.10. The summed E-state index contributed by atoms with van der Waals surface area (Å²) in [7, 11) is 0. The van der Waals surface area contributed by atoms with Crippen molar-refractivity contribution in [3.63, 3.8) is 0 Å². The van der Waals surface area contributed by atoms with E-state index < -0.39 is 5.97 Å². The second-order valence-electron chi connectivity index (χ2n) is 3.26. The molecule has 1 rings (SSSR count). The molecule has 0 bridgehead atoms. The summed E-state index contributed by atoms with van der Waals surface area (Å²) in [5, 5.41) is 9.69. The van der Waals surface area contributed by atoms with Crippen molar-refractivity contribution in [2.45, 2.75) is 24.1 Å². The van der Waals surface area contributed by atoms with E-state index in [-0.39, 0.29) is 11.2 Å². The van der Waals surface area contributed by atoms with Gasteiger partial charge in [0.1, 0.15) is 0 Å². The summed E-state index contributed by atoms with van der Waals surface area (Å²) >= 11 is 4.77. The molecular formula is C10H12BrNO2S. The molecule has 0 aromatic carbocycles. The van der Waals surface area contributed by atoms with Crippen LogP contribution in [0.3, 0.4) is 0 Å². The van der Waals surface area contributed by atoms with E-state index in [0.29, 0.717) is 0 Å². The van der Waals surface area contributed by atoms with Crippen LogP contribution in [0.1, 0.15) is 13.8 Å². The lowest BCUT2D eigenvalue weighted by atomic mass is 10.1. The largest absolute Gasteiger partial charge is 0.481 e. The quantitative estimate of drug-likeness (QED) is 0.866. The number of carbonyl (C=O) groups is 1. The van der Waals surface area contributed by atoms with Crippen molar-refractivity contribution in [2.24, 2.45) is 5.92 Å². The first kappa shape index (κ1) is 12.5. The molecule has 0 aliphatic rings. The summed E-state index contributed by atoms with van der Waals surface area (Å²) < 4.78 is 0.922. The van der Waals surface area contributed by atoms with Crippen LogP contribution >= 0.6 is 27.7 Å². The van der Waals surface area contributed by atoms with E-state index in [1.807, 2.05) is 19.1 Å². The van der Waals surface area contributed by atoms with Crippen LogP contribution in [0.25, 0.3) is 0 Å². The van der Waals surface area contributed by atoms with Crippen LogP contribution in [0.5, 0.6) is 0 Å². The number of thioether (sulfide) groups is 1. The van der Waals surface area contributed by atoms with Crippen LogP contribution in [0.15, 0.2) is 27.8 Å². The number of pyridine rings is 1. The van der Waals surface area contributed by atoms with E-state index in [1.165, 1.54) is 11.8 Å². The normalized spacial score (nSPS) is 14.6. The molecule has 0 aliphatic heterocycles. The van der Waals surface area contributed by atoms with Gasteiger partial charge in [0.25, 0.3) is 0 Å². The molecule has 2 atom stereocenters. The molecule has 5 heteroatoms. The Labute approximate surface area is 101 Å². The molecule has 15 heavy (non-hydrogen) atoms. The molecular weight excluding hydrogens is 278 g/mol. The van der Waals surface area contributed by atoms with Gasteiger partial charge in [-0.2, -0.15) is 0 Å². The lowest BCUT2D eigenvalue weighted by molar-refractivity contribution is -0.140. The third kappa shape index (κ3) is 3.83. The molecule has 0 radical (unpaired) electrons. The van der Waals surface area contributed by atoms with Crippen molar-refractivity contribution in [2.75, 3.05) is 0 Å². The van der Waals surface area contributed by atoms with Crippen LogP contribution in [-0.4, -0.2) is 21.3 Å². The molecule has 0 amide bonds. The molecule has 1 aromatic rings. The fourth-order valence-electron chi connectivity index (χ4n) is 0.925. The van der Waals surface area contributed by atoms with Crippen LogP contribution in [-0.2, 0) is 4.79 Å². The molecule has 0 aliphatic carbocycles. The fraction of sp³-hybridized carbons (Fsp3) is 0.400. The zero-order chi connectivity index (χ0) is 11.4. The van der Waals surface area contributed by atoms with Gasteiger partial charge < -0.3 is 5.11 Å². The maximum Gasteiger partial charge on any atom is 0.307 e. The van der Waals surface area contributed by atoms with Gasteiger partial charge in [-0.15, -0.1) is 11.8 Å². The van der Waals surface area contributed by atoms with Crippen molar-refractivity contribution >= 4 is 33.7 Å². The Hall–Kier alpha value is -0.550. The van der Waals surface area contributed by atoms with E-state index in [9.17, 15) is 4.79 Å². The molecule has 82 valence electrons. The average Bonchev–Trinajstić information content (AvgIpc) is 2.20. The Balaban J connectivity index is 2.62. The Kier molecular flexibility index (Phi) is 4.60. The third-order valence-electron chi connectivity index (χ3n) is 2.10. The number of carboxylic acid groups (broad SMARTS) is 1. The smallest absolute Gasteiger partial charge is 0.307 e. The Bertz CT molecular complexity index is 342. The number of aromatic nitrogens is 1. The second kappa shape index (κ2) is 5.51. The molecule has 1 aromatic heterocycles. The zero-order valence-electron chi connectivity index (χ0n) is 8.48. The van der Waals surface area contributed by atoms with Gasteiger partial charge in [0, 0.05) is 15.9 Å². The molecule has 0 spiro atoms. The highest BCUT2D eigenvalue weighted by Crippen LogP contribution is 2.27. The van der Waals surface area contributed by atoms with Gasteiger partial charge in [0.15, 0.2) is 0 Å². The van der Waals surface area contributed by atoms with Crippen molar-refractivity contribution < 1.29 is 9.90 Å². The van der Waals surface area contributed by atoms with Crippen molar-refractivity contribution in [1.29, 1.82) is 0 Å². The van der Waals surface area contributed by atoms with Gasteiger partial charge in [-0.1, -0.05) is 13.8 Å². The van der Waals surface area contributed by atoms with Gasteiger partial charge in [0.2, 0.25) is 0 Å². The minimum atomic E-state index is -0.771. The van der Waals surface area contributed by atoms with Crippen molar-refractivity contribution in [3.05, 3.63) is 22.8 Å². The number of carboxylic acids is 1. The van der Waals surface area contributed by atoms with Crippen molar-refractivity contribution in [3.8, 4) is 0 Å². The van der Waals surface area contributed by atoms with Gasteiger partial charge in [0.05, 0.1) is 10.9 Å². The molecule has 1 N–H and O–H groups in total. The maximum atomic E-state index is 10.7. The molecule has 3 nitrogen and oxygen atoms in total. The van der Waals surface area contributed by atoms with Gasteiger partial charge in [-0.25, -0.2) is 4.98 Å². The summed E-state index contributed by atoms with van der Waals surface area (Å²) in [5.74, 6) is -1.15. The molecule has 2 unspecified atom stereocenters. The first-order valence-corrected chi connectivity index (χ1v) is 6.19. The molecule has 0 fully saturated rings. The van der Waals surface area contributed by atoms with Crippen molar-refractivity contribution in [1.82, 2.24) is 4.98 Å². The minimum absolute atomic E-state index is 0.0103. The third-order valence-corrected chi connectivity index (χ3v) is 3.83. The number of nitrogens with zero attached hydrogens (tertiary/aromatic N) is 1. The summed E-state index contributed by atoms with van der Waals surface area (Å²) in [6, 6.07) is 3.77. The van der Waals surface area contributed by atoms with Gasteiger partial charge in [-0.3, -0.25) is 4.79 Å². The van der Waals surface area contributed by atoms with E-state index in [0.717, 1.165) is 9.50 Å². The number of hydrogen-bond donors (Lipinski definition) is 1. The first-order valence-electron chi connectivity index (χ1n) is 4.51. The average molecular weight is 290 g/mol. The van der Waals surface area contributed by atoms with Crippen LogP contribution in [0.2, 0.25) is 0 Å². The highest BCUT2D eigenvalue weighted by Gasteiger charge is 2.20. The van der Waals surface area contributed by atoms with Crippen LogP contribution in [0.4, 0.5) is 0 Å². The summed E-state index contributed by atoms with van der Waals surface area (Å²) in [6.45, 7) is 3.60. The van der Waals surface area contributed by atoms with E-state index in [1.54, 1.807) is 13.1 Å². The lowest BCUT2D eigenvalue weighted by Crippen LogP contribution is -2.20. The summed E-state index contributed by atoms with van der Waals surface area (Å²) in [5.41, 5.74) is 0. The first-order chi connectivity index (χ1) is 7.00. The summed E-state index contributed by atoms with van der Waals surface area (Å²) in [6.07, 6.45) is 1.71. The highest BCUT2D eigenvalue weighted by atomic mass is 79.9. The van der Waals surface area contributed by atoms with Gasteiger partial charge >= 0.3 is 5.97 Å². The Morgan fingerprint density at radius 1 is 1.53 bits per heavy atom. The van der Waals surface area contributed by atoms with Crippen LogP contribution in [0, 0.1) is 5.92 Å². The Morgan fingerprint density at radius 2 is 2.20 bits per heavy atom. The minimum Gasteiger partial charge on any atom is -0.481 e. The van der Waals surface area contributed by atoms with E-state index in [4.69, 9.17) is 5.11 Å². The number of rotatable bonds is 4. The SMILES string of the molecule is CC(Sc1ccc(Br)cn1)C(C)C(=O)O. The number of hydrogen-bond acceptors (Lipinski definition) is 3. The van der Waals surface area contributed by atoms with E-state index >= 15 is 0 Å². The predicted molar refractivity (Wildman–Crippen MR) is 64.1 cm³/mol. The monoisotopic (exact) mass is 289 g/mol. The summed E-state index contributed by atoms with van der Waals surface area (Å²) in [4.78, 5) is 14.9. The zero-order valence-corrected chi connectivity index (χ0v) is 10.9. The molecule has 0 saturated heterocycles. The second-order valence-corrected chi connectivity index (χ2v) is 5.58. The number of halogens is 1. The topological polar surface area (TPSA) is 50.2 Å². The Morgan fingerprint density at radius 3 is 2.67 bits per heavy atom. The fourth-order valence-corrected chi connectivity index (χ4v) is 2.12. The van der Waals surface area contributed by atoms with Gasteiger partial charge in [-0.05, 0) is 28.1 Å². The number of aliphatic carboxylic acids is 1. The van der Waals surface area contributed by atoms with E-state index in [2.05, 4.69) is 20.9 Å². The lowest BCUT2D eigenvalue weighted by Gasteiger charge is -2.14. The molecule has 1 heterocycles. The standard InChI is InChI=1S/C10H12BrNO2S/c1-6(10(13)14)7(2)15-9-4-3-8(11)5-12-9/h3-7H,1-2H3,(H,13,14). The predicted octanol–water partition coefficient (Wildman–Crippen LogP) is 3.05. The van der Waals surface area contributed by atoms with Crippen LogP contribution < -0.4 is 0 Å². The molecule has 0 saturated carbocycles.